The Morgan fingerprint density at radius 3 is 2.71 bits per heavy atom. The van der Waals surface area contributed by atoms with Crippen molar-refractivity contribution in [3.63, 3.8) is 0 Å². The number of hydrogen-bond acceptors (Lipinski definition) is 4. The minimum absolute atomic E-state index is 0.0232. The molecule has 3 N–H and O–H groups in total. The van der Waals surface area contributed by atoms with Gasteiger partial charge in [-0.2, -0.15) is 0 Å². The van der Waals surface area contributed by atoms with Crippen molar-refractivity contribution in [1.29, 1.82) is 0 Å². The summed E-state index contributed by atoms with van der Waals surface area (Å²) in [6, 6.07) is 11.5. The summed E-state index contributed by atoms with van der Waals surface area (Å²) in [5.41, 5.74) is 7.56. The van der Waals surface area contributed by atoms with Gasteiger partial charge in [-0.05, 0) is 29.7 Å². The van der Waals surface area contributed by atoms with Gasteiger partial charge in [0.25, 0.3) is 0 Å². The van der Waals surface area contributed by atoms with Gasteiger partial charge < -0.3 is 11.1 Å². The van der Waals surface area contributed by atoms with E-state index in [1.165, 1.54) is 11.8 Å². The topological polar surface area (TPSA) is 68.0 Å². The lowest BCUT2D eigenvalue weighted by Gasteiger charge is -2.13. The molecule has 0 fully saturated rings. The number of para-hydroxylation sites is 1. The third kappa shape index (κ3) is 4.49. The first kappa shape index (κ1) is 15.4. The van der Waals surface area contributed by atoms with Crippen LogP contribution < -0.4 is 11.1 Å². The number of nitrogens with two attached hydrogens (primary N) is 1. The van der Waals surface area contributed by atoms with Crippen LogP contribution >= 0.6 is 11.8 Å². The molecule has 0 aliphatic carbocycles. The number of nitrogens with zero attached hydrogens (tertiary/aromatic N) is 1. The zero-order valence-electron chi connectivity index (χ0n) is 12.2. The minimum Gasteiger partial charge on any atom is -0.384 e. The number of amides is 1. The van der Waals surface area contributed by atoms with Gasteiger partial charge in [-0.1, -0.05) is 32.0 Å². The monoisotopic (exact) mass is 301 g/mol. The van der Waals surface area contributed by atoms with E-state index in [0.29, 0.717) is 17.5 Å². The number of nitrogen functional groups attached to an aromatic ring is 1. The summed E-state index contributed by atoms with van der Waals surface area (Å²) >= 11 is 1.44. The molecule has 110 valence electrons. The molecule has 4 nitrogen and oxygen atoms in total. The van der Waals surface area contributed by atoms with Crippen molar-refractivity contribution >= 4 is 29.2 Å². The van der Waals surface area contributed by atoms with Crippen molar-refractivity contribution in [3.05, 3.63) is 48.2 Å². The average molecular weight is 301 g/mol. The van der Waals surface area contributed by atoms with Crippen LogP contribution in [0.5, 0.6) is 0 Å². The molecule has 0 aliphatic rings. The van der Waals surface area contributed by atoms with Crippen LogP contribution in [0.15, 0.2) is 47.5 Å². The predicted octanol–water partition coefficient (Wildman–Crippen LogP) is 3.52. The molecule has 1 aromatic carbocycles. The van der Waals surface area contributed by atoms with E-state index in [4.69, 9.17) is 5.73 Å². The summed E-state index contributed by atoms with van der Waals surface area (Å²) in [6.07, 6.45) is 1.68. The minimum atomic E-state index is -0.0232. The van der Waals surface area contributed by atoms with E-state index in [9.17, 15) is 4.79 Å². The van der Waals surface area contributed by atoms with Gasteiger partial charge in [0.1, 0.15) is 5.82 Å². The Kier molecular flexibility index (Phi) is 5.22. The zero-order chi connectivity index (χ0) is 15.2. The maximum atomic E-state index is 12.1. The third-order valence-corrected chi connectivity index (χ3v) is 3.97. The molecule has 1 heterocycles. The first-order chi connectivity index (χ1) is 10.1. The number of anilines is 2. The molecule has 5 heteroatoms. The molecule has 1 aromatic heterocycles. The number of carbonyl (C=O) groups excluding carboxylic acids is 1. The molecule has 21 heavy (non-hydrogen) atoms. The molecule has 2 rings (SSSR count). The van der Waals surface area contributed by atoms with Crippen molar-refractivity contribution in [2.24, 2.45) is 0 Å². The fourth-order valence-electron chi connectivity index (χ4n) is 1.93. The average Bonchev–Trinajstić information content (AvgIpc) is 2.47. The van der Waals surface area contributed by atoms with Crippen LogP contribution in [-0.2, 0) is 4.79 Å². The SMILES string of the molecule is CC(C)c1ccccc1NC(=O)CSc1ccc(N)nc1. The Morgan fingerprint density at radius 2 is 2.05 bits per heavy atom. The highest BCUT2D eigenvalue weighted by Crippen LogP contribution is 2.24. The molecule has 0 bridgehead atoms. The molecule has 0 spiro atoms. The zero-order valence-corrected chi connectivity index (χ0v) is 13.0. The van der Waals surface area contributed by atoms with Crippen LogP contribution in [0.25, 0.3) is 0 Å². The number of thioether (sulfide) groups is 1. The molecule has 0 radical (unpaired) electrons. The van der Waals surface area contributed by atoms with E-state index in [1.807, 2.05) is 30.3 Å². The van der Waals surface area contributed by atoms with E-state index < -0.39 is 0 Å². The molecular formula is C16H19N3OS. The standard InChI is InChI=1S/C16H19N3OS/c1-11(2)13-5-3-4-6-14(13)19-16(20)10-21-12-7-8-15(17)18-9-12/h3-9,11H,10H2,1-2H3,(H2,17,18)(H,19,20). The first-order valence-corrected chi connectivity index (χ1v) is 7.78. The summed E-state index contributed by atoms with van der Waals surface area (Å²) in [5.74, 6) is 1.17. The lowest BCUT2D eigenvalue weighted by molar-refractivity contribution is -0.113. The Balaban J connectivity index is 1.94. The van der Waals surface area contributed by atoms with Gasteiger partial charge in [0.15, 0.2) is 0 Å². The summed E-state index contributed by atoms with van der Waals surface area (Å²) < 4.78 is 0. The number of benzene rings is 1. The maximum absolute atomic E-state index is 12.1. The van der Waals surface area contributed by atoms with Crippen molar-refractivity contribution in [3.8, 4) is 0 Å². The molecule has 2 aromatic rings. The van der Waals surface area contributed by atoms with Crippen LogP contribution in [0.2, 0.25) is 0 Å². The summed E-state index contributed by atoms with van der Waals surface area (Å²) in [5, 5.41) is 2.97. The second-order valence-corrected chi connectivity index (χ2v) is 6.05. The number of pyridine rings is 1. The van der Waals surface area contributed by atoms with Gasteiger partial charge in [-0.3, -0.25) is 4.79 Å². The van der Waals surface area contributed by atoms with Crippen molar-refractivity contribution in [2.75, 3.05) is 16.8 Å². The smallest absolute Gasteiger partial charge is 0.234 e. The highest BCUT2D eigenvalue weighted by atomic mass is 32.2. The van der Waals surface area contributed by atoms with Gasteiger partial charge in [0, 0.05) is 16.8 Å². The maximum Gasteiger partial charge on any atom is 0.234 e. The van der Waals surface area contributed by atoms with E-state index in [-0.39, 0.29) is 5.91 Å². The number of rotatable bonds is 5. The van der Waals surface area contributed by atoms with Gasteiger partial charge in [0.2, 0.25) is 5.91 Å². The Hall–Kier alpha value is -2.01. The summed E-state index contributed by atoms with van der Waals surface area (Å²) in [4.78, 5) is 17.0. The largest absolute Gasteiger partial charge is 0.384 e. The predicted molar refractivity (Wildman–Crippen MR) is 88.5 cm³/mol. The second-order valence-electron chi connectivity index (χ2n) is 5.00. The highest BCUT2D eigenvalue weighted by Gasteiger charge is 2.09. The Morgan fingerprint density at radius 1 is 1.29 bits per heavy atom. The normalized spacial score (nSPS) is 10.6. The quantitative estimate of drug-likeness (QED) is 0.829. The Bertz CT molecular complexity index is 611. The fraction of sp³-hybridized carbons (Fsp3) is 0.250. The van der Waals surface area contributed by atoms with E-state index >= 15 is 0 Å². The summed E-state index contributed by atoms with van der Waals surface area (Å²) in [7, 11) is 0. The van der Waals surface area contributed by atoms with Crippen LogP contribution in [0, 0.1) is 0 Å². The molecular weight excluding hydrogens is 282 g/mol. The van der Waals surface area contributed by atoms with E-state index in [2.05, 4.69) is 24.1 Å². The Labute approximate surface area is 129 Å². The molecule has 0 atom stereocenters. The van der Waals surface area contributed by atoms with Gasteiger partial charge in [-0.25, -0.2) is 4.98 Å². The van der Waals surface area contributed by atoms with Crippen molar-refractivity contribution in [2.45, 2.75) is 24.7 Å². The third-order valence-electron chi connectivity index (χ3n) is 2.99. The lowest BCUT2D eigenvalue weighted by Crippen LogP contribution is -2.15. The second kappa shape index (κ2) is 7.13. The van der Waals surface area contributed by atoms with E-state index in [0.717, 1.165) is 16.1 Å². The first-order valence-electron chi connectivity index (χ1n) is 6.79. The van der Waals surface area contributed by atoms with Crippen LogP contribution in [0.3, 0.4) is 0 Å². The molecule has 0 unspecified atom stereocenters. The molecule has 1 amide bonds. The van der Waals surface area contributed by atoms with Crippen LogP contribution in [0.4, 0.5) is 11.5 Å². The van der Waals surface area contributed by atoms with Crippen molar-refractivity contribution in [1.82, 2.24) is 4.98 Å². The van der Waals surface area contributed by atoms with Gasteiger partial charge in [-0.15, -0.1) is 11.8 Å². The van der Waals surface area contributed by atoms with Gasteiger partial charge >= 0.3 is 0 Å². The number of carbonyl (C=O) groups is 1. The lowest BCUT2D eigenvalue weighted by atomic mass is 10.0. The highest BCUT2D eigenvalue weighted by molar-refractivity contribution is 8.00. The van der Waals surface area contributed by atoms with Crippen molar-refractivity contribution < 1.29 is 4.79 Å². The number of nitrogens with one attached hydrogen (secondary N) is 1. The van der Waals surface area contributed by atoms with Crippen LogP contribution in [0.1, 0.15) is 25.3 Å². The van der Waals surface area contributed by atoms with E-state index in [1.54, 1.807) is 12.3 Å². The fourth-order valence-corrected chi connectivity index (χ4v) is 2.59. The molecule has 0 saturated carbocycles. The van der Waals surface area contributed by atoms with Crippen LogP contribution in [-0.4, -0.2) is 16.6 Å². The molecule has 0 saturated heterocycles. The van der Waals surface area contributed by atoms with Gasteiger partial charge in [0.05, 0.1) is 5.75 Å². The molecule has 0 aliphatic heterocycles. The number of hydrogen-bond donors (Lipinski definition) is 2. The number of aromatic nitrogens is 1. The summed E-state index contributed by atoms with van der Waals surface area (Å²) in [6.45, 7) is 4.22.